The summed E-state index contributed by atoms with van der Waals surface area (Å²) in [5.74, 6) is -0.0397. The molecule has 0 aromatic heterocycles. The highest BCUT2D eigenvalue weighted by Gasteiger charge is 2.36. The van der Waals surface area contributed by atoms with Gasteiger partial charge in [-0.15, -0.1) is 0 Å². The second kappa shape index (κ2) is 8.12. The Bertz CT molecular complexity index is 560. The number of morpholine rings is 1. The lowest BCUT2D eigenvalue weighted by Crippen LogP contribution is -2.61. The normalized spacial score (nSPS) is 21.4. The molecule has 1 atom stereocenters. The van der Waals surface area contributed by atoms with Crippen molar-refractivity contribution in [2.75, 3.05) is 45.9 Å². The number of carbonyl (C=O) groups is 2. The summed E-state index contributed by atoms with van der Waals surface area (Å²) in [5, 5.41) is 3.19. The van der Waals surface area contributed by atoms with Crippen LogP contribution in [0.4, 0.5) is 4.79 Å². The second-order valence-electron chi connectivity index (χ2n) is 5.89. The first kappa shape index (κ1) is 16.7. The van der Waals surface area contributed by atoms with Crippen LogP contribution in [0.5, 0.6) is 0 Å². The van der Waals surface area contributed by atoms with E-state index in [4.69, 9.17) is 9.47 Å². The van der Waals surface area contributed by atoms with E-state index in [0.29, 0.717) is 45.9 Å². The number of ether oxygens (including phenoxy) is 2. The summed E-state index contributed by atoms with van der Waals surface area (Å²) in [5.41, 5.74) is 0.928. The third-order valence-corrected chi connectivity index (χ3v) is 4.29. The zero-order chi connectivity index (χ0) is 16.8. The number of hydrogen-bond donors (Lipinski definition) is 1. The van der Waals surface area contributed by atoms with E-state index in [-0.39, 0.29) is 12.5 Å². The summed E-state index contributed by atoms with van der Waals surface area (Å²) >= 11 is 0. The predicted octanol–water partition coefficient (Wildman–Crippen LogP) is 0.456. The number of amides is 2. The van der Waals surface area contributed by atoms with E-state index in [1.54, 1.807) is 4.90 Å². The molecular weight excluding hydrogens is 310 g/mol. The average Bonchev–Trinajstić information content (AvgIpc) is 2.67. The summed E-state index contributed by atoms with van der Waals surface area (Å²) in [4.78, 5) is 28.5. The van der Waals surface area contributed by atoms with Gasteiger partial charge in [-0.3, -0.25) is 9.69 Å². The van der Waals surface area contributed by atoms with Gasteiger partial charge >= 0.3 is 6.09 Å². The third-order valence-electron chi connectivity index (χ3n) is 4.29. The van der Waals surface area contributed by atoms with E-state index in [1.165, 1.54) is 4.90 Å². The Morgan fingerprint density at radius 3 is 2.67 bits per heavy atom. The molecular formula is C17H23N3O4. The van der Waals surface area contributed by atoms with Crippen LogP contribution in [0, 0.1) is 0 Å². The van der Waals surface area contributed by atoms with Crippen molar-refractivity contribution in [2.24, 2.45) is 0 Å². The zero-order valence-electron chi connectivity index (χ0n) is 13.6. The first-order valence-corrected chi connectivity index (χ1v) is 8.30. The van der Waals surface area contributed by atoms with E-state index < -0.39 is 12.1 Å². The van der Waals surface area contributed by atoms with Crippen molar-refractivity contribution >= 4 is 12.0 Å². The SMILES string of the molecule is O=C(C1CNCCN1C(=O)OCc1ccccc1)N1CCOCC1. The van der Waals surface area contributed by atoms with Crippen LogP contribution in [-0.4, -0.2) is 73.8 Å². The smallest absolute Gasteiger partial charge is 0.410 e. The first-order valence-electron chi connectivity index (χ1n) is 8.30. The minimum absolute atomic E-state index is 0.0397. The van der Waals surface area contributed by atoms with E-state index >= 15 is 0 Å². The molecule has 2 saturated heterocycles. The molecule has 7 heteroatoms. The van der Waals surface area contributed by atoms with Crippen molar-refractivity contribution in [3.8, 4) is 0 Å². The van der Waals surface area contributed by atoms with Gasteiger partial charge in [0.2, 0.25) is 5.91 Å². The van der Waals surface area contributed by atoms with Crippen molar-refractivity contribution in [3.05, 3.63) is 35.9 Å². The summed E-state index contributed by atoms with van der Waals surface area (Å²) in [6.45, 7) is 4.03. The molecule has 0 aliphatic carbocycles. The molecule has 2 aliphatic heterocycles. The van der Waals surface area contributed by atoms with E-state index in [0.717, 1.165) is 5.56 Å². The molecule has 0 radical (unpaired) electrons. The van der Waals surface area contributed by atoms with Crippen LogP contribution in [-0.2, 0) is 20.9 Å². The highest BCUT2D eigenvalue weighted by molar-refractivity contribution is 5.86. The number of nitrogens with one attached hydrogen (secondary N) is 1. The molecule has 3 rings (SSSR count). The standard InChI is InChI=1S/C17H23N3O4/c21-16(19-8-10-23-11-9-19)15-12-18-6-7-20(15)17(22)24-13-14-4-2-1-3-5-14/h1-5,15,18H,6-13H2. The molecule has 1 aromatic carbocycles. The van der Waals surface area contributed by atoms with Crippen LogP contribution >= 0.6 is 0 Å². The minimum atomic E-state index is -0.514. The van der Waals surface area contributed by atoms with Gasteiger partial charge in [-0.2, -0.15) is 0 Å². The highest BCUT2D eigenvalue weighted by Crippen LogP contribution is 2.12. The number of piperazine rings is 1. The van der Waals surface area contributed by atoms with E-state index in [9.17, 15) is 9.59 Å². The monoisotopic (exact) mass is 333 g/mol. The van der Waals surface area contributed by atoms with E-state index in [1.807, 2.05) is 30.3 Å². The molecule has 130 valence electrons. The van der Waals surface area contributed by atoms with Crippen LogP contribution in [0.25, 0.3) is 0 Å². The Kier molecular flexibility index (Phi) is 5.66. The maximum absolute atomic E-state index is 12.7. The fourth-order valence-electron chi connectivity index (χ4n) is 2.94. The van der Waals surface area contributed by atoms with Gasteiger partial charge in [-0.1, -0.05) is 30.3 Å². The Hall–Kier alpha value is -2.12. The molecule has 0 spiro atoms. The fraction of sp³-hybridized carbons (Fsp3) is 0.529. The van der Waals surface area contributed by atoms with Gasteiger partial charge in [0.05, 0.1) is 13.2 Å². The quantitative estimate of drug-likeness (QED) is 0.870. The molecule has 2 fully saturated rings. The molecule has 2 heterocycles. The molecule has 1 aromatic rings. The van der Waals surface area contributed by atoms with Crippen LogP contribution < -0.4 is 5.32 Å². The Morgan fingerprint density at radius 1 is 1.17 bits per heavy atom. The number of benzene rings is 1. The number of carbonyl (C=O) groups excluding carboxylic acids is 2. The molecule has 2 aliphatic rings. The first-order chi connectivity index (χ1) is 11.8. The molecule has 2 amide bonds. The van der Waals surface area contributed by atoms with Crippen LogP contribution in [0.1, 0.15) is 5.56 Å². The Labute approximate surface area is 141 Å². The topological polar surface area (TPSA) is 71.1 Å². The second-order valence-corrected chi connectivity index (χ2v) is 5.89. The van der Waals surface area contributed by atoms with Gasteiger partial charge in [0.15, 0.2) is 0 Å². The van der Waals surface area contributed by atoms with Crippen LogP contribution in [0.2, 0.25) is 0 Å². The van der Waals surface area contributed by atoms with Crippen molar-refractivity contribution in [2.45, 2.75) is 12.6 Å². The predicted molar refractivity (Wildman–Crippen MR) is 87.4 cm³/mol. The van der Waals surface area contributed by atoms with Crippen LogP contribution in [0.3, 0.4) is 0 Å². The van der Waals surface area contributed by atoms with Gasteiger partial charge in [-0.25, -0.2) is 4.79 Å². The number of rotatable bonds is 3. The minimum Gasteiger partial charge on any atom is -0.445 e. The summed E-state index contributed by atoms with van der Waals surface area (Å²) in [6, 6.07) is 9.01. The average molecular weight is 333 g/mol. The van der Waals surface area contributed by atoms with Crippen molar-refractivity contribution in [1.29, 1.82) is 0 Å². The lowest BCUT2D eigenvalue weighted by molar-refractivity contribution is -0.141. The van der Waals surface area contributed by atoms with Gasteiger partial charge in [-0.05, 0) is 5.56 Å². The lowest BCUT2D eigenvalue weighted by Gasteiger charge is -2.38. The number of nitrogens with zero attached hydrogens (tertiary/aromatic N) is 2. The highest BCUT2D eigenvalue weighted by atomic mass is 16.6. The third kappa shape index (κ3) is 4.04. The number of hydrogen-bond acceptors (Lipinski definition) is 5. The molecule has 0 saturated carbocycles. The Balaban J connectivity index is 1.60. The van der Waals surface area contributed by atoms with Gasteiger partial charge in [0.25, 0.3) is 0 Å². The molecule has 24 heavy (non-hydrogen) atoms. The fourth-order valence-corrected chi connectivity index (χ4v) is 2.94. The summed E-state index contributed by atoms with van der Waals surface area (Å²) in [6.07, 6.45) is -0.438. The van der Waals surface area contributed by atoms with Gasteiger partial charge < -0.3 is 19.7 Å². The summed E-state index contributed by atoms with van der Waals surface area (Å²) in [7, 11) is 0. The zero-order valence-corrected chi connectivity index (χ0v) is 13.6. The lowest BCUT2D eigenvalue weighted by atomic mass is 10.1. The molecule has 0 bridgehead atoms. The van der Waals surface area contributed by atoms with Crippen molar-refractivity contribution in [1.82, 2.24) is 15.1 Å². The summed E-state index contributed by atoms with van der Waals surface area (Å²) < 4.78 is 10.7. The Morgan fingerprint density at radius 2 is 1.92 bits per heavy atom. The van der Waals surface area contributed by atoms with Gasteiger partial charge in [0.1, 0.15) is 12.6 Å². The molecule has 7 nitrogen and oxygen atoms in total. The van der Waals surface area contributed by atoms with Crippen LogP contribution in [0.15, 0.2) is 30.3 Å². The maximum atomic E-state index is 12.7. The van der Waals surface area contributed by atoms with Crippen molar-refractivity contribution in [3.63, 3.8) is 0 Å². The maximum Gasteiger partial charge on any atom is 0.410 e. The molecule has 1 unspecified atom stereocenters. The van der Waals surface area contributed by atoms with Gasteiger partial charge in [0, 0.05) is 32.7 Å². The molecule has 1 N–H and O–H groups in total. The van der Waals surface area contributed by atoms with Crippen molar-refractivity contribution < 1.29 is 19.1 Å². The van der Waals surface area contributed by atoms with E-state index in [2.05, 4.69) is 5.32 Å². The largest absolute Gasteiger partial charge is 0.445 e.